The molecule has 1 heterocycles. The second-order valence-electron chi connectivity index (χ2n) is 18.0. The van der Waals surface area contributed by atoms with Gasteiger partial charge >= 0.3 is 0 Å². The van der Waals surface area contributed by atoms with Crippen molar-refractivity contribution in [3.63, 3.8) is 0 Å². The molecule has 4 heteroatoms. The van der Waals surface area contributed by atoms with Gasteiger partial charge in [0.05, 0.1) is 16.4 Å². The van der Waals surface area contributed by atoms with Gasteiger partial charge in [0.1, 0.15) is 0 Å². The van der Waals surface area contributed by atoms with Crippen molar-refractivity contribution in [3.05, 3.63) is 191 Å². The highest BCUT2D eigenvalue weighted by molar-refractivity contribution is 7.20. The van der Waals surface area contributed by atoms with Crippen LogP contribution in [0, 0.1) is 20.8 Å². The van der Waals surface area contributed by atoms with E-state index in [4.69, 9.17) is 11.6 Å². The Labute approximate surface area is 346 Å². The normalized spacial score (nSPS) is 13.9. The first-order chi connectivity index (χ1) is 27.1. The first-order valence-electron chi connectivity index (χ1n) is 20.1. The topological polar surface area (TPSA) is 6.48 Å². The number of aryl methyl sites for hydroxylation is 3. The average molecular weight is 782 g/mol. The first kappa shape index (κ1) is 38.5. The molecule has 0 N–H and O–H groups in total. The van der Waals surface area contributed by atoms with E-state index in [-0.39, 0.29) is 10.8 Å². The number of hydrogen-bond acceptors (Lipinski definition) is 2. The van der Waals surface area contributed by atoms with Crippen LogP contribution in [0.3, 0.4) is 0 Å². The zero-order chi connectivity index (χ0) is 40.3. The van der Waals surface area contributed by atoms with E-state index in [2.05, 4.69) is 230 Å². The number of benzene rings is 7. The lowest BCUT2D eigenvalue weighted by atomic mass is 9.87. The summed E-state index contributed by atoms with van der Waals surface area (Å²) in [6, 6.07) is 59.6. The lowest BCUT2D eigenvalue weighted by molar-refractivity contribution is 0.590. The van der Waals surface area contributed by atoms with E-state index in [1.807, 2.05) is 0 Å². The molecule has 1 aliphatic heterocycles. The van der Waals surface area contributed by atoms with Gasteiger partial charge in [-0.2, -0.15) is 0 Å². The van der Waals surface area contributed by atoms with Crippen molar-refractivity contribution in [1.29, 1.82) is 0 Å². The van der Waals surface area contributed by atoms with Crippen LogP contribution in [-0.4, -0.2) is 8.07 Å². The van der Waals surface area contributed by atoms with E-state index in [1.165, 1.54) is 43.0 Å². The average Bonchev–Trinajstić information content (AvgIpc) is 3.17. The van der Waals surface area contributed by atoms with Gasteiger partial charge in [-0.15, -0.1) is 0 Å². The number of rotatable bonds is 4. The van der Waals surface area contributed by atoms with Crippen LogP contribution in [0.4, 0.5) is 34.1 Å². The molecule has 0 unspecified atom stereocenters. The molecular formula is C53H53ClN2Si. The van der Waals surface area contributed by atoms with Crippen LogP contribution in [0.5, 0.6) is 0 Å². The SMILES string of the molecule is Cc1cc2cc(c1)[Si](c1ccccc1)(c1ccccc1)c1cc(C)cc(c1)N(c1ccc(C(C)(C)C)cc1)c1cc(C)cc(c1Cl)N2c1ccc(C(C)(C)C)cc1. The molecule has 0 amide bonds. The van der Waals surface area contributed by atoms with Gasteiger partial charge in [-0.1, -0.05) is 150 Å². The van der Waals surface area contributed by atoms with Crippen LogP contribution in [0.15, 0.2) is 158 Å². The summed E-state index contributed by atoms with van der Waals surface area (Å²) in [5.74, 6) is 0. The van der Waals surface area contributed by atoms with Crippen LogP contribution >= 0.6 is 11.6 Å². The largest absolute Gasteiger partial charge is 0.309 e. The Morgan fingerprint density at radius 2 is 0.737 bits per heavy atom. The minimum atomic E-state index is -2.98. The maximum atomic E-state index is 7.88. The van der Waals surface area contributed by atoms with Crippen LogP contribution in [-0.2, 0) is 10.8 Å². The molecule has 57 heavy (non-hydrogen) atoms. The van der Waals surface area contributed by atoms with E-state index >= 15 is 0 Å². The second-order valence-corrected chi connectivity index (χ2v) is 22.2. The zero-order valence-corrected chi connectivity index (χ0v) is 36.5. The molecule has 0 atom stereocenters. The summed E-state index contributed by atoms with van der Waals surface area (Å²) in [7, 11) is -2.98. The highest BCUT2D eigenvalue weighted by atomic mass is 35.5. The molecule has 0 saturated heterocycles. The van der Waals surface area contributed by atoms with Gasteiger partial charge in [0.2, 0.25) is 0 Å². The van der Waals surface area contributed by atoms with Gasteiger partial charge in [0, 0.05) is 22.7 Å². The molecule has 1 aliphatic rings. The summed E-state index contributed by atoms with van der Waals surface area (Å²) in [6.45, 7) is 20.3. The monoisotopic (exact) mass is 780 g/mol. The molecule has 6 bridgehead atoms. The highest BCUT2D eigenvalue weighted by Gasteiger charge is 2.43. The van der Waals surface area contributed by atoms with Crippen molar-refractivity contribution in [1.82, 2.24) is 0 Å². The minimum absolute atomic E-state index is 0.0233. The van der Waals surface area contributed by atoms with Crippen molar-refractivity contribution >= 4 is 74.5 Å². The van der Waals surface area contributed by atoms with E-state index in [1.54, 1.807) is 0 Å². The van der Waals surface area contributed by atoms with Crippen LogP contribution in [0.1, 0.15) is 69.4 Å². The third kappa shape index (κ3) is 7.02. The van der Waals surface area contributed by atoms with Crippen molar-refractivity contribution in [2.75, 3.05) is 9.80 Å². The number of anilines is 6. The second kappa shape index (κ2) is 14.5. The molecule has 0 saturated carbocycles. The Kier molecular flexibility index (Phi) is 9.83. The molecule has 8 rings (SSSR count). The highest BCUT2D eigenvalue weighted by Crippen LogP contribution is 2.48. The lowest BCUT2D eigenvalue weighted by Crippen LogP contribution is -2.74. The Morgan fingerprint density at radius 1 is 0.386 bits per heavy atom. The molecule has 7 aromatic carbocycles. The van der Waals surface area contributed by atoms with Crippen LogP contribution < -0.4 is 30.5 Å². The van der Waals surface area contributed by atoms with E-state index in [9.17, 15) is 0 Å². The minimum Gasteiger partial charge on any atom is -0.309 e. The summed E-state index contributed by atoms with van der Waals surface area (Å²) >= 11 is 7.88. The Morgan fingerprint density at radius 3 is 1.09 bits per heavy atom. The quantitative estimate of drug-likeness (QED) is 0.164. The number of nitrogens with zero attached hydrogens (tertiary/aromatic N) is 2. The van der Waals surface area contributed by atoms with Gasteiger partial charge in [-0.05, 0) is 141 Å². The summed E-state index contributed by atoms with van der Waals surface area (Å²) in [5, 5.41) is 6.04. The molecule has 0 fully saturated rings. The van der Waals surface area contributed by atoms with Gasteiger partial charge in [-0.25, -0.2) is 0 Å². The number of halogens is 1. The molecule has 286 valence electrons. The fourth-order valence-corrected chi connectivity index (χ4v) is 14.0. The van der Waals surface area contributed by atoms with Gasteiger partial charge in [-0.3, -0.25) is 0 Å². The Hall–Kier alpha value is -5.35. The van der Waals surface area contributed by atoms with E-state index < -0.39 is 8.07 Å². The lowest BCUT2D eigenvalue weighted by Gasteiger charge is -2.38. The predicted molar refractivity (Wildman–Crippen MR) is 250 cm³/mol. The maximum Gasteiger partial charge on any atom is 0.179 e. The van der Waals surface area contributed by atoms with Crippen LogP contribution in [0.25, 0.3) is 0 Å². The number of fused-ring (bicyclic) bond motifs is 6. The summed E-state index contributed by atoms with van der Waals surface area (Å²) < 4.78 is 0. The Bertz CT molecular complexity index is 2390. The fourth-order valence-electron chi connectivity index (χ4n) is 8.73. The predicted octanol–water partition coefficient (Wildman–Crippen LogP) is 12.5. The molecule has 0 aromatic heterocycles. The summed E-state index contributed by atoms with van der Waals surface area (Å²) in [5.41, 5.74) is 12.4. The molecule has 7 aromatic rings. The first-order valence-corrected chi connectivity index (χ1v) is 22.5. The zero-order valence-electron chi connectivity index (χ0n) is 34.8. The Balaban J connectivity index is 1.55. The van der Waals surface area contributed by atoms with Crippen LogP contribution in [0.2, 0.25) is 5.02 Å². The smallest absolute Gasteiger partial charge is 0.179 e. The standard InChI is InChI=1S/C53H53ClN2Si/c1-36-28-43-34-47(30-36)57(45-16-12-10-13-17-45,46-18-14-11-15-19-46)48-31-37(2)29-44(35-48)56(42-26-22-40(23-27-42)53(7,8)9)50-33-38(3)32-49(51(50)54)55(43)41-24-20-39(21-25-41)52(4,5)6/h10-35H,1-9H3. The summed E-state index contributed by atoms with van der Waals surface area (Å²) in [6.07, 6.45) is 0. The summed E-state index contributed by atoms with van der Waals surface area (Å²) in [4.78, 5) is 4.78. The molecule has 2 nitrogen and oxygen atoms in total. The van der Waals surface area contributed by atoms with Crippen molar-refractivity contribution < 1.29 is 0 Å². The van der Waals surface area contributed by atoms with Crippen molar-refractivity contribution in [3.8, 4) is 0 Å². The maximum absolute atomic E-state index is 7.88. The van der Waals surface area contributed by atoms with Gasteiger partial charge < -0.3 is 9.80 Å². The third-order valence-corrected chi connectivity index (χ3v) is 16.7. The fraction of sp³-hybridized carbons (Fsp3) is 0.208. The van der Waals surface area contributed by atoms with Crippen molar-refractivity contribution in [2.24, 2.45) is 0 Å². The number of hydrogen-bond donors (Lipinski definition) is 0. The third-order valence-electron chi connectivity index (χ3n) is 11.6. The van der Waals surface area contributed by atoms with Crippen molar-refractivity contribution in [2.45, 2.75) is 73.1 Å². The molecular weight excluding hydrogens is 728 g/mol. The van der Waals surface area contributed by atoms with Gasteiger partial charge in [0.15, 0.2) is 8.07 Å². The molecule has 0 radical (unpaired) electrons. The molecule has 0 spiro atoms. The van der Waals surface area contributed by atoms with Gasteiger partial charge in [0.25, 0.3) is 0 Å². The molecule has 0 aliphatic carbocycles. The van der Waals surface area contributed by atoms with E-state index in [0.717, 1.165) is 39.7 Å². The van der Waals surface area contributed by atoms with E-state index in [0.29, 0.717) is 5.02 Å².